The number of Topliss-reactive ketones (excluding diaryl/α,β-unsaturated/α-hetero) is 1. The van der Waals surface area contributed by atoms with Crippen LogP contribution in [0.25, 0.3) is 0 Å². The van der Waals surface area contributed by atoms with Crippen molar-refractivity contribution in [3.63, 3.8) is 0 Å². The second kappa shape index (κ2) is 7.98. The molecule has 0 spiro atoms. The molecular weight excluding hydrogens is 176 g/mol. The highest BCUT2D eigenvalue weighted by Crippen LogP contribution is 2.16. The molecule has 0 aromatic rings. The lowest BCUT2D eigenvalue weighted by molar-refractivity contribution is -0.133. The molecule has 0 bridgehead atoms. The quantitative estimate of drug-likeness (QED) is 0.601. The summed E-state index contributed by atoms with van der Waals surface area (Å²) >= 11 is 0. The molecule has 0 saturated carbocycles. The summed E-state index contributed by atoms with van der Waals surface area (Å²) < 4.78 is 5.52. The van der Waals surface area contributed by atoms with Crippen molar-refractivity contribution >= 4 is 5.78 Å². The zero-order valence-electron chi connectivity index (χ0n) is 10.0. The number of carbonyl (C=O) groups excluding carboxylic acids is 1. The van der Waals surface area contributed by atoms with Crippen molar-refractivity contribution in [2.45, 2.75) is 59.5 Å². The van der Waals surface area contributed by atoms with Crippen molar-refractivity contribution in [2.24, 2.45) is 5.92 Å². The molecule has 0 saturated heterocycles. The van der Waals surface area contributed by atoms with Gasteiger partial charge in [0, 0.05) is 13.0 Å². The van der Waals surface area contributed by atoms with Crippen molar-refractivity contribution in [3.05, 3.63) is 0 Å². The van der Waals surface area contributed by atoms with Gasteiger partial charge in [0.25, 0.3) is 0 Å². The Labute approximate surface area is 88.0 Å². The van der Waals surface area contributed by atoms with E-state index in [1.165, 1.54) is 0 Å². The molecule has 0 aliphatic carbocycles. The molecule has 0 aromatic heterocycles. The van der Waals surface area contributed by atoms with Crippen LogP contribution in [0.3, 0.4) is 0 Å². The zero-order chi connectivity index (χ0) is 11.0. The van der Waals surface area contributed by atoms with Gasteiger partial charge >= 0.3 is 0 Å². The van der Waals surface area contributed by atoms with Gasteiger partial charge in [0.2, 0.25) is 0 Å². The smallest absolute Gasteiger partial charge is 0.161 e. The van der Waals surface area contributed by atoms with Gasteiger partial charge in [-0.05, 0) is 25.7 Å². The summed E-state index contributed by atoms with van der Waals surface area (Å²) in [7, 11) is 0. The SMILES string of the molecule is CCCC(=O)C(OCC)C(C)CCC. The molecule has 0 radical (unpaired) electrons. The Morgan fingerprint density at radius 3 is 2.29 bits per heavy atom. The van der Waals surface area contributed by atoms with Gasteiger partial charge in [0.1, 0.15) is 6.10 Å². The van der Waals surface area contributed by atoms with Gasteiger partial charge in [-0.15, -0.1) is 0 Å². The third kappa shape index (κ3) is 4.75. The van der Waals surface area contributed by atoms with Crippen LogP contribution < -0.4 is 0 Å². The van der Waals surface area contributed by atoms with Gasteiger partial charge in [-0.25, -0.2) is 0 Å². The van der Waals surface area contributed by atoms with Crippen molar-refractivity contribution < 1.29 is 9.53 Å². The number of ether oxygens (including phenoxy) is 1. The van der Waals surface area contributed by atoms with Crippen LogP contribution in [0.2, 0.25) is 0 Å². The fourth-order valence-electron chi connectivity index (χ4n) is 1.75. The molecule has 2 atom stereocenters. The van der Waals surface area contributed by atoms with E-state index in [-0.39, 0.29) is 11.9 Å². The molecule has 2 nitrogen and oxygen atoms in total. The number of rotatable bonds is 8. The number of hydrogen-bond acceptors (Lipinski definition) is 2. The average Bonchev–Trinajstić information content (AvgIpc) is 2.14. The lowest BCUT2D eigenvalue weighted by atomic mass is 9.94. The summed E-state index contributed by atoms with van der Waals surface area (Å²) in [5.41, 5.74) is 0. The molecule has 2 heteroatoms. The maximum Gasteiger partial charge on any atom is 0.161 e. The normalized spacial score (nSPS) is 15.1. The first-order chi connectivity index (χ1) is 6.67. The fraction of sp³-hybridized carbons (Fsp3) is 0.917. The highest BCUT2D eigenvalue weighted by molar-refractivity contribution is 5.83. The van der Waals surface area contributed by atoms with Crippen molar-refractivity contribution in [1.82, 2.24) is 0 Å². The molecule has 2 unspecified atom stereocenters. The van der Waals surface area contributed by atoms with Crippen LogP contribution in [0, 0.1) is 5.92 Å². The third-order valence-electron chi connectivity index (χ3n) is 2.42. The van der Waals surface area contributed by atoms with Crippen LogP contribution in [0.4, 0.5) is 0 Å². The Morgan fingerprint density at radius 1 is 1.21 bits per heavy atom. The summed E-state index contributed by atoms with van der Waals surface area (Å²) in [6.07, 6.45) is 3.59. The predicted octanol–water partition coefficient (Wildman–Crippen LogP) is 3.20. The molecule has 0 heterocycles. The molecular formula is C12H24O2. The van der Waals surface area contributed by atoms with E-state index in [9.17, 15) is 4.79 Å². The molecule has 14 heavy (non-hydrogen) atoms. The molecule has 0 aliphatic heterocycles. The topological polar surface area (TPSA) is 26.3 Å². The first kappa shape index (κ1) is 13.6. The summed E-state index contributed by atoms with van der Waals surface area (Å²) in [6, 6.07) is 0. The Morgan fingerprint density at radius 2 is 1.86 bits per heavy atom. The van der Waals surface area contributed by atoms with Crippen LogP contribution in [0.15, 0.2) is 0 Å². The van der Waals surface area contributed by atoms with Crippen LogP contribution in [-0.2, 0) is 9.53 Å². The summed E-state index contributed by atoms with van der Waals surface area (Å²) in [6.45, 7) is 8.87. The maximum atomic E-state index is 11.7. The van der Waals surface area contributed by atoms with E-state index < -0.39 is 0 Å². The van der Waals surface area contributed by atoms with Gasteiger partial charge in [-0.1, -0.05) is 27.2 Å². The monoisotopic (exact) mass is 200 g/mol. The predicted molar refractivity (Wildman–Crippen MR) is 59.4 cm³/mol. The number of ketones is 1. The molecule has 0 fully saturated rings. The third-order valence-corrected chi connectivity index (χ3v) is 2.42. The first-order valence-corrected chi connectivity index (χ1v) is 5.81. The molecule has 0 aromatic carbocycles. The molecule has 0 rings (SSSR count). The van der Waals surface area contributed by atoms with Crippen LogP contribution in [-0.4, -0.2) is 18.5 Å². The zero-order valence-corrected chi connectivity index (χ0v) is 10.0. The minimum Gasteiger partial charge on any atom is -0.370 e. The Hall–Kier alpha value is -0.370. The van der Waals surface area contributed by atoms with Crippen LogP contribution in [0.5, 0.6) is 0 Å². The minimum atomic E-state index is -0.167. The van der Waals surface area contributed by atoms with E-state index in [0.29, 0.717) is 18.9 Å². The summed E-state index contributed by atoms with van der Waals surface area (Å²) in [5.74, 6) is 0.634. The van der Waals surface area contributed by atoms with Crippen molar-refractivity contribution in [1.29, 1.82) is 0 Å². The number of hydrogen-bond donors (Lipinski definition) is 0. The Bertz CT molecular complexity index is 154. The van der Waals surface area contributed by atoms with Crippen molar-refractivity contribution in [3.8, 4) is 0 Å². The number of carbonyl (C=O) groups is 1. The average molecular weight is 200 g/mol. The van der Waals surface area contributed by atoms with Crippen molar-refractivity contribution in [2.75, 3.05) is 6.61 Å². The van der Waals surface area contributed by atoms with Gasteiger partial charge in [0.15, 0.2) is 5.78 Å². The van der Waals surface area contributed by atoms with Crippen LogP contribution >= 0.6 is 0 Å². The van der Waals surface area contributed by atoms with E-state index in [4.69, 9.17) is 4.74 Å². The first-order valence-electron chi connectivity index (χ1n) is 5.81. The second-order valence-corrected chi connectivity index (χ2v) is 3.86. The van der Waals surface area contributed by atoms with Gasteiger partial charge in [-0.2, -0.15) is 0 Å². The fourth-order valence-corrected chi connectivity index (χ4v) is 1.75. The maximum absolute atomic E-state index is 11.7. The highest BCUT2D eigenvalue weighted by atomic mass is 16.5. The van der Waals surface area contributed by atoms with Gasteiger partial charge in [0.05, 0.1) is 0 Å². The lowest BCUT2D eigenvalue weighted by Gasteiger charge is -2.22. The largest absolute Gasteiger partial charge is 0.370 e. The Kier molecular flexibility index (Phi) is 7.77. The molecule has 0 amide bonds. The van der Waals surface area contributed by atoms with E-state index in [1.807, 2.05) is 13.8 Å². The molecule has 0 N–H and O–H groups in total. The standard InChI is InChI=1S/C12H24O2/c1-5-8-10(4)12(14-7-3)11(13)9-6-2/h10,12H,5-9H2,1-4H3. The van der Waals surface area contributed by atoms with E-state index >= 15 is 0 Å². The van der Waals surface area contributed by atoms with E-state index in [2.05, 4.69) is 13.8 Å². The summed E-state index contributed by atoms with van der Waals surface area (Å²) in [5, 5.41) is 0. The minimum absolute atomic E-state index is 0.167. The lowest BCUT2D eigenvalue weighted by Crippen LogP contribution is -2.31. The molecule has 84 valence electrons. The summed E-state index contributed by atoms with van der Waals surface area (Å²) in [4.78, 5) is 11.7. The highest BCUT2D eigenvalue weighted by Gasteiger charge is 2.23. The van der Waals surface area contributed by atoms with E-state index in [0.717, 1.165) is 19.3 Å². The molecule has 0 aliphatic rings. The van der Waals surface area contributed by atoms with Gasteiger partial charge < -0.3 is 4.74 Å². The van der Waals surface area contributed by atoms with Crippen LogP contribution in [0.1, 0.15) is 53.4 Å². The second-order valence-electron chi connectivity index (χ2n) is 3.86. The Balaban J connectivity index is 4.18. The van der Waals surface area contributed by atoms with E-state index in [1.54, 1.807) is 0 Å². The van der Waals surface area contributed by atoms with Gasteiger partial charge in [-0.3, -0.25) is 4.79 Å².